The molecular formula is C14H29NOS. The summed E-state index contributed by atoms with van der Waals surface area (Å²) in [4.78, 5) is 0. The van der Waals surface area contributed by atoms with Crippen LogP contribution in [0.1, 0.15) is 52.9 Å². The minimum atomic E-state index is -0.640. The fourth-order valence-electron chi connectivity index (χ4n) is 2.69. The highest BCUT2D eigenvalue weighted by atomic mass is 32.2. The summed E-state index contributed by atoms with van der Waals surface area (Å²) in [7, 11) is -0.640. The normalized spacial score (nSPS) is 22.5. The monoisotopic (exact) mass is 259 g/mol. The molecule has 0 aromatic heterocycles. The Hall–Kier alpha value is 0.110. The zero-order valence-electron chi connectivity index (χ0n) is 11.7. The summed E-state index contributed by atoms with van der Waals surface area (Å²) in [5.41, 5.74) is 0. The van der Waals surface area contributed by atoms with Gasteiger partial charge in [0.1, 0.15) is 0 Å². The molecule has 1 aliphatic carbocycles. The molecule has 0 saturated heterocycles. The number of hydrogen-bond donors (Lipinski definition) is 1. The number of nitrogens with one attached hydrogen (secondary N) is 1. The zero-order valence-corrected chi connectivity index (χ0v) is 12.5. The molecule has 1 rings (SSSR count). The summed E-state index contributed by atoms with van der Waals surface area (Å²) in [6.45, 7) is 7.54. The third-order valence-corrected chi connectivity index (χ3v) is 5.64. The van der Waals surface area contributed by atoms with Gasteiger partial charge in [-0.05, 0) is 31.2 Å². The largest absolute Gasteiger partial charge is 0.313 e. The highest BCUT2D eigenvalue weighted by molar-refractivity contribution is 7.85. The van der Waals surface area contributed by atoms with Crippen LogP contribution in [0.25, 0.3) is 0 Å². The molecule has 0 spiro atoms. The van der Waals surface area contributed by atoms with Gasteiger partial charge in [-0.3, -0.25) is 4.21 Å². The molecule has 2 nitrogen and oxygen atoms in total. The van der Waals surface area contributed by atoms with Crippen molar-refractivity contribution in [3.05, 3.63) is 0 Å². The first kappa shape index (κ1) is 15.2. The van der Waals surface area contributed by atoms with Gasteiger partial charge in [0.2, 0.25) is 0 Å². The van der Waals surface area contributed by atoms with E-state index in [1.165, 1.54) is 25.7 Å². The minimum absolute atomic E-state index is 0.493. The number of hydrogen-bond acceptors (Lipinski definition) is 2. The summed E-state index contributed by atoms with van der Waals surface area (Å²) < 4.78 is 12.1. The van der Waals surface area contributed by atoms with Crippen LogP contribution in [-0.2, 0) is 10.8 Å². The molecule has 3 heteroatoms. The van der Waals surface area contributed by atoms with Gasteiger partial charge in [-0.2, -0.15) is 0 Å². The van der Waals surface area contributed by atoms with E-state index in [9.17, 15) is 4.21 Å². The molecular weight excluding hydrogens is 230 g/mol. The molecule has 1 aliphatic rings. The van der Waals surface area contributed by atoms with Gasteiger partial charge in [0.15, 0.2) is 0 Å². The molecule has 0 amide bonds. The maximum Gasteiger partial charge on any atom is 0.0391 e. The standard InChI is InChI=1S/C14H29NOS/c1-4-12(3)10-17(16)11-14(15-5-2)13-8-6-7-9-13/h12-15H,4-11H2,1-3H3. The molecule has 1 fully saturated rings. The van der Waals surface area contributed by atoms with Crippen molar-refractivity contribution in [3.63, 3.8) is 0 Å². The van der Waals surface area contributed by atoms with E-state index in [0.29, 0.717) is 12.0 Å². The Morgan fingerprint density at radius 1 is 1.24 bits per heavy atom. The van der Waals surface area contributed by atoms with Crippen LogP contribution in [-0.4, -0.2) is 28.3 Å². The second-order valence-corrected chi connectivity index (χ2v) is 7.04. The fraction of sp³-hybridized carbons (Fsp3) is 1.00. The average Bonchev–Trinajstić information content (AvgIpc) is 2.81. The maximum absolute atomic E-state index is 12.1. The van der Waals surface area contributed by atoms with Crippen molar-refractivity contribution in [3.8, 4) is 0 Å². The third kappa shape index (κ3) is 5.52. The topological polar surface area (TPSA) is 29.1 Å². The van der Waals surface area contributed by atoms with Crippen molar-refractivity contribution in [1.82, 2.24) is 5.32 Å². The second-order valence-electron chi connectivity index (χ2n) is 5.50. The van der Waals surface area contributed by atoms with Gasteiger partial charge in [-0.25, -0.2) is 0 Å². The first-order chi connectivity index (χ1) is 8.17. The van der Waals surface area contributed by atoms with Crippen molar-refractivity contribution < 1.29 is 4.21 Å². The van der Waals surface area contributed by atoms with E-state index < -0.39 is 10.8 Å². The lowest BCUT2D eigenvalue weighted by Gasteiger charge is -2.24. The third-order valence-electron chi connectivity index (χ3n) is 3.97. The molecule has 0 aromatic carbocycles. The predicted molar refractivity (Wildman–Crippen MR) is 76.8 cm³/mol. The highest BCUT2D eigenvalue weighted by Crippen LogP contribution is 2.28. The Balaban J connectivity index is 2.39. The Morgan fingerprint density at radius 3 is 2.41 bits per heavy atom. The van der Waals surface area contributed by atoms with E-state index in [1.807, 2.05) is 0 Å². The van der Waals surface area contributed by atoms with E-state index in [2.05, 4.69) is 26.1 Å². The van der Waals surface area contributed by atoms with Gasteiger partial charge < -0.3 is 5.32 Å². The lowest BCUT2D eigenvalue weighted by atomic mass is 10.00. The second kappa shape index (κ2) is 8.25. The van der Waals surface area contributed by atoms with Crippen LogP contribution in [0.5, 0.6) is 0 Å². The highest BCUT2D eigenvalue weighted by Gasteiger charge is 2.25. The van der Waals surface area contributed by atoms with Crippen molar-refractivity contribution in [1.29, 1.82) is 0 Å². The Labute approximate surface area is 109 Å². The molecule has 0 radical (unpaired) electrons. The first-order valence-corrected chi connectivity index (χ1v) is 8.74. The summed E-state index contributed by atoms with van der Waals surface area (Å²) >= 11 is 0. The van der Waals surface area contributed by atoms with Crippen LogP contribution in [0.2, 0.25) is 0 Å². The summed E-state index contributed by atoms with van der Waals surface area (Å²) in [6.07, 6.45) is 6.53. The van der Waals surface area contributed by atoms with E-state index >= 15 is 0 Å². The molecule has 3 unspecified atom stereocenters. The van der Waals surface area contributed by atoms with E-state index in [-0.39, 0.29) is 0 Å². The molecule has 17 heavy (non-hydrogen) atoms. The molecule has 1 saturated carbocycles. The molecule has 0 aromatic rings. The van der Waals surface area contributed by atoms with Crippen molar-refractivity contribution >= 4 is 10.8 Å². The van der Waals surface area contributed by atoms with Crippen LogP contribution in [0.3, 0.4) is 0 Å². The molecule has 3 atom stereocenters. The molecule has 0 aliphatic heterocycles. The van der Waals surface area contributed by atoms with Gasteiger partial charge in [0, 0.05) is 28.3 Å². The predicted octanol–water partition coefficient (Wildman–Crippen LogP) is 2.95. The van der Waals surface area contributed by atoms with Crippen LogP contribution >= 0.6 is 0 Å². The SMILES string of the molecule is CCNC(CS(=O)CC(C)CC)C1CCCC1. The van der Waals surface area contributed by atoms with Gasteiger partial charge in [0.25, 0.3) is 0 Å². The smallest absolute Gasteiger partial charge is 0.0391 e. The van der Waals surface area contributed by atoms with Crippen molar-refractivity contribution in [2.45, 2.75) is 58.9 Å². The zero-order chi connectivity index (χ0) is 12.7. The Kier molecular flexibility index (Phi) is 7.36. The lowest BCUT2D eigenvalue weighted by Crippen LogP contribution is -2.40. The molecule has 1 N–H and O–H groups in total. The summed E-state index contributed by atoms with van der Waals surface area (Å²) in [5.74, 6) is 3.12. The molecule has 0 heterocycles. The van der Waals surface area contributed by atoms with E-state index in [4.69, 9.17) is 0 Å². The van der Waals surface area contributed by atoms with Gasteiger partial charge in [0.05, 0.1) is 0 Å². The van der Waals surface area contributed by atoms with E-state index in [1.54, 1.807) is 0 Å². The quantitative estimate of drug-likeness (QED) is 0.726. The van der Waals surface area contributed by atoms with Crippen LogP contribution in [0, 0.1) is 11.8 Å². The van der Waals surface area contributed by atoms with Crippen LogP contribution < -0.4 is 5.32 Å². The van der Waals surface area contributed by atoms with Gasteiger partial charge in [-0.15, -0.1) is 0 Å². The first-order valence-electron chi connectivity index (χ1n) is 7.25. The number of rotatable bonds is 8. The van der Waals surface area contributed by atoms with Crippen LogP contribution in [0.4, 0.5) is 0 Å². The maximum atomic E-state index is 12.1. The summed E-state index contributed by atoms with van der Waals surface area (Å²) in [6, 6.07) is 0.493. The average molecular weight is 259 g/mol. The Morgan fingerprint density at radius 2 is 1.88 bits per heavy atom. The lowest BCUT2D eigenvalue weighted by molar-refractivity contribution is 0.392. The van der Waals surface area contributed by atoms with Gasteiger partial charge >= 0.3 is 0 Å². The van der Waals surface area contributed by atoms with Crippen molar-refractivity contribution in [2.75, 3.05) is 18.1 Å². The van der Waals surface area contributed by atoms with Crippen molar-refractivity contribution in [2.24, 2.45) is 11.8 Å². The molecule has 0 bridgehead atoms. The van der Waals surface area contributed by atoms with E-state index in [0.717, 1.165) is 30.4 Å². The fourth-order valence-corrected chi connectivity index (χ4v) is 4.48. The minimum Gasteiger partial charge on any atom is -0.313 e. The molecule has 102 valence electrons. The van der Waals surface area contributed by atoms with Gasteiger partial charge in [-0.1, -0.05) is 40.0 Å². The summed E-state index contributed by atoms with van der Waals surface area (Å²) in [5, 5.41) is 3.55. The Bertz CT molecular complexity index is 226. The van der Waals surface area contributed by atoms with Crippen LogP contribution in [0.15, 0.2) is 0 Å².